The van der Waals surface area contributed by atoms with E-state index >= 15 is 0 Å². The standard InChI is InChI=1S/C15H31NO6Si/c1-5-15(18)19-13-14(17)12-16-10-9-11-23(20-6-2,21-7-3)22-8-4/h5,14,16-17H,1,6-13H2,2-4H3. The molecule has 0 fully saturated rings. The van der Waals surface area contributed by atoms with Crippen LogP contribution in [0.4, 0.5) is 0 Å². The number of rotatable bonds is 15. The Morgan fingerprint density at radius 2 is 1.78 bits per heavy atom. The minimum absolute atomic E-state index is 0.0482. The maximum atomic E-state index is 10.9. The Balaban J connectivity index is 4.00. The van der Waals surface area contributed by atoms with Crippen molar-refractivity contribution >= 4 is 14.8 Å². The van der Waals surface area contributed by atoms with Crippen molar-refractivity contribution in [2.75, 3.05) is 39.5 Å². The van der Waals surface area contributed by atoms with Gasteiger partial charge >= 0.3 is 14.8 Å². The first-order chi connectivity index (χ1) is 11.0. The first kappa shape index (κ1) is 22.2. The monoisotopic (exact) mass is 349 g/mol. The van der Waals surface area contributed by atoms with Gasteiger partial charge in [-0.1, -0.05) is 6.58 Å². The van der Waals surface area contributed by atoms with Gasteiger partial charge in [0.05, 0.1) is 0 Å². The maximum absolute atomic E-state index is 10.9. The Kier molecular flexibility index (Phi) is 13.2. The van der Waals surface area contributed by atoms with Crippen molar-refractivity contribution in [1.82, 2.24) is 5.32 Å². The van der Waals surface area contributed by atoms with Crippen molar-refractivity contribution in [1.29, 1.82) is 0 Å². The third-order valence-electron chi connectivity index (χ3n) is 2.89. The Hall–Kier alpha value is -0.773. The molecule has 0 saturated carbocycles. The van der Waals surface area contributed by atoms with Crippen LogP contribution in [0.3, 0.4) is 0 Å². The summed E-state index contributed by atoms with van der Waals surface area (Å²) in [5, 5.41) is 12.8. The van der Waals surface area contributed by atoms with Gasteiger partial charge in [-0.15, -0.1) is 0 Å². The van der Waals surface area contributed by atoms with Crippen molar-refractivity contribution in [3.63, 3.8) is 0 Å². The zero-order valence-corrected chi connectivity index (χ0v) is 15.5. The molecule has 0 bridgehead atoms. The van der Waals surface area contributed by atoms with Gasteiger partial charge in [-0.25, -0.2) is 4.79 Å². The molecule has 0 rings (SSSR count). The van der Waals surface area contributed by atoms with E-state index in [0.29, 0.717) is 32.9 Å². The fraction of sp³-hybridized carbons (Fsp3) is 0.800. The summed E-state index contributed by atoms with van der Waals surface area (Å²) >= 11 is 0. The smallest absolute Gasteiger partial charge is 0.460 e. The number of esters is 1. The highest BCUT2D eigenvalue weighted by Gasteiger charge is 2.39. The fourth-order valence-corrected chi connectivity index (χ4v) is 4.61. The number of ether oxygens (including phenoxy) is 1. The highest BCUT2D eigenvalue weighted by atomic mass is 28.4. The largest absolute Gasteiger partial charge is 0.500 e. The van der Waals surface area contributed by atoms with E-state index in [0.717, 1.165) is 18.5 Å². The van der Waals surface area contributed by atoms with Crippen molar-refractivity contribution in [3.8, 4) is 0 Å². The van der Waals surface area contributed by atoms with E-state index in [2.05, 4.69) is 11.9 Å². The van der Waals surface area contributed by atoms with Crippen LogP contribution < -0.4 is 5.32 Å². The van der Waals surface area contributed by atoms with E-state index in [1.54, 1.807) is 0 Å². The summed E-state index contributed by atoms with van der Waals surface area (Å²) in [5.41, 5.74) is 0. The molecule has 0 aromatic rings. The van der Waals surface area contributed by atoms with E-state index in [1.807, 2.05) is 20.8 Å². The zero-order chi connectivity index (χ0) is 17.6. The minimum atomic E-state index is -2.59. The molecule has 0 aromatic heterocycles. The third-order valence-corrected chi connectivity index (χ3v) is 6.05. The maximum Gasteiger partial charge on any atom is 0.500 e. The molecular weight excluding hydrogens is 318 g/mol. The van der Waals surface area contributed by atoms with Gasteiger partial charge in [0.2, 0.25) is 0 Å². The molecule has 0 aliphatic rings. The van der Waals surface area contributed by atoms with Gasteiger partial charge in [-0.3, -0.25) is 0 Å². The normalized spacial score (nSPS) is 12.9. The molecular formula is C15H31NO6Si. The lowest BCUT2D eigenvalue weighted by molar-refractivity contribution is -0.140. The summed E-state index contributed by atoms with van der Waals surface area (Å²) < 4.78 is 22.1. The van der Waals surface area contributed by atoms with Crippen molar-refractivity contribution < 1.29 is 27.9 Å². The number of aliphatic hydroxyl groups is 1. The Morgan fingerprint density at radius 3 is 2.26 bits per heavy atom. The number of hydrogen-bond donors (Lipinski definition) is 2. The second kappa shape index (κ2) is 13.6. The number of aliphatic hydroxyl groups excluding tert-OH is 1. The lowest BCUT2D eigenvalue weighted by Gasteiger charge is -2.28. The van der Waals surface area contributed by atoms with Gasteiger partial charge in [0, 0.05) is 38.5 Å². The predicted molar refractivity (Wildman–Crippen MR) is 90.1 cm³/mol. The average Bonchev–Trinajstić information content (AvgIpc) is 2.53. The second-order valence-corrected chi connectivity index (χ2v) is 7.51. The molecule has 0 amide bonds. The molecule has 1 atom stereocenters. The van der Waals surface area contributed by atoms with Gasteiger partial charge in [0.1, 0.15) is 12.7 Å². The van der Waals surface area contributed by atoms with Crippen LogP contribution in [0.15, 0.2) is 12.7 Å². The third kappa shape index (κ3) is 10.6. The van der Waals surface area contributed by atoms with Gasteiger partial charge in [0.25, 0.3) is 0 Å². The molecule has 0 aliphatic heterocycles. The quantitative estimate of drug-likeness (QED) is 0.198. The van der Waals surface area contributed by atoms with Crippen molar-refractivity contribution in [3.05, 3.63) is 12.7 Å². The van der Waals surface area contributed by atoms with E-state index < -0.39 is 20.9 Å². The zero-order valence-electron chi connectivity index (χ0n) is 14.5. The van der Waals surface area contributed by atoms with Crippen LogP contribution in [0.1, 0.15) is 27.2 Å². The molecule has 0 radical (unpaired) electrons. The highest BCUT2D eigenvalue weighted by Crippen LogP contribution is 2.17. The Bertz CT molecular complexity index is 312. The van der Waals surface area contributed by atoms with Crippen molar-refractivity contribution in [2.24, 2.45) is 0 Å². The van der Waals surface area contributed by atoms with Crippen LogP contribution in [0, 0.1) is 0 Å². The van der Waals surface area contributed by atoms with Crippen molar-refractivity contribution in [2.45, 2.75) is 39.3 Å². The fourth-order valence-electron chi connectivity index (χ4n) is 2.00. The molecule has 0 heterocycles. The molecule has 7 nitrogen and oxygen atoms in total. The molecule has 0 spiro atoms. The van der Waals surface area contributed by atoms with Gasteiger partial charge in [-0.05, 0) is 33.7 Å². The van der Waals surface area contributed by atoms with Gasteiger partial charge in [-0.2, -0.15) is 0 Å². The molecule has 2 N–H and O–H groups in total. The van der Waals surface area contributed by atoms with Crippen LogP contribution in [0.2, 0.25) is 6.04 Å². The summed E-state index contributed by atoms with van der Waals surface area (Å²) in [6.07, 6.45) is 1.14. The molecule has 0 aliphatic carbocycles. The SMILES string of the molecule is C=CC(=O)OCC(O)CNCCC[Si](OCC)(OCC)OCC. The summed E-state index contributed by atoms with van der Waals surface area (Å²) in [7, 11) is -2.59. The minimum Gasteiger partial charge on any atom is -0.460 e. The summed E-state index contributed by atoms with van der Waals surface area (Å²) in [6.45, 7) is 11.8. The van der Waals surface area contributed by atoms with Crippen LogP contribution in [-0.4, -0.2) is 65.5 Å². The number of carbonyl (C=O) groups is 1. The van der Waals surface area contributed by atoms with Crippen LogP contribution in [-0.2, 0) is 22.8 Å². The molecule has 1 unspecified atom stereocenters. The van der Waals surface area contributed by atoms with E-state index in [4.69, 9.17) is 18.0 Å². The lowest BCUT2D eigenvalue weighted by Crippen LogP contribution is -2.46. The van der Waals surface area contributed by atoms with Crippen LogP contribution in [0.25, 0.3) is 0 Å². The lowest BCUT2D eigenvalue weighted by atomic mass is 10.3. The Morgan fingerprint density at radius 1 is 1.22 bits per heavy atom. The molecule has 0 aromatic carbocycles. The molecule has 136 valence electrons. The van der Waals surface area contributed by atoms with E-state index in [9.17, 15) is 9.90 Å². The van der Waals surface area contributed by atoms with E-state index in [-0.39, 0.29) is 6.61 Å². The highest BCUT2D eigenvalue weighted by molar-refractivity contribution is 6.60. The van der Waals surface area contributed by atoms with Crippen LogP contribution >= 0.6 is 0 Å². The second-order valence-electron chi connectivity index (χ2n) is 4.78. The summed E-state index contributed by atoms with van der Waals surface area (Å²) in [4.78, 5) is 10.9. The number of nitrogens with one attached hydrogen (secondary N) is 1. The topological polar surface area (TPSA) is 86.3 Å². The Labute approximate surface area is 140 Å². The average molecular weight is 350 g/mol. The van der Waals surface area contributed by atoms with Gasteiger partial charge in [0.15, 0.2) is 0 Å². The summed E-state index contributed by atoms with van der Waals surface area (Å²) in [5.74, 6) is -0.537. The first-order valence-electron chi connectivity index (χ1n) is 8.13. The molecule has 23 heavy (non-hydrogen) atoms. The summed E-state index contributed by atoms with van der Waals surface area (Å²) in [6, 6.07) is 0.719. The predicted octanol–water partition coefficient (Wildman–Crippen LogP) is 1.10. The van der Waals surface area contributed by atoms with E-state index in [1.165, 1.54) is 0 Å². The first-order valence-corrected chi connectivity index (χ1v) is 10.1. The number of carbonyl (C=O) groups excluding carboxylic acids is 1. The van der Waals surface area contributed by atoms with Gasteiger partial charge < -0.3 is 28.4 Å². The number of hydrogen-bond acceptors (Lipinski definition) is 7. The molecule has 0 saturated heterocycles. The van der Waals surface area contributed by atoms with Crippen LogP contribution in [0.5, 0.6) is 0 Å². The molecule has 8 heteroatoms.